The zero-order chi connectivity index (χ0) is 16.6. The van der Waals surface area contributed by atoms with Crippen molar-refractivity contribution in [1.29, 1.82) is 10.5 Å². The lowest BCUT2D eigenvalue weighted by Crippen LogP contribution is -2.28. The molecule has 3 rings (SSSR count). The molecule has 114 valence electrons. The van der Waals surface area contributed by atoms with Crippen molar-refractivity contribution < 1.29 is 0 Å². The fraction of sp³-hybridized carbons (Fsp3) is 0.222. The van der Waals surface area contributed by atoms with Crippen LogP contribution in [0.5, 0.6) is 0 Å². The van der Waals surface area contributed by atoms with E-state index in [4.69, 9.17) is 5.73 Å². The molecule has 0 atom stereocenters. The van der Waals surface area contributed by atoms with Gasteiger partial charge >= 0.3 is 0 Å². The first-order valence-electron chi connectivity index (χ1n) is 7.28. The summed E-state index contributed by atoms with van der Waals surface area (Å²) in [5.74, 6) is 0. The topological polar surface area (TPSA) is 76.8 Å². The minimum Gasteiger partial charge on any atom is -0.397 e. The van der Waals surface area contributed by atoms with Crippen LogP contribution in [0.1, 0.15) is 22.3 Å². The Balaban J connectivity index is 2.38. The van der Waals surface area contributed by atoms with Crippen LogP contribution in [0.4, 0.5) is 5.69 Å². The molecule has 1 aliphatic heterocycles. The normalized spacial score (nSPS) is 13.9. The molecule has 4 nitrogen and oxygen atoms in total. The Bertz CT molecular complexity index is 857. The summed E-state index contributed by atoms with van der Waals surface area (Å²) < 4.78 is 0.979. The van der Waals surface area contributed by atoms with E-state index >= 15 is 0 Å². The molecule has 0 aromatic heterocycles. The average Bonchev–Trinajstić information content (AvgIpc) is 2.55. The smallest absolute Gasteiger partial charge is 0.102 e. The molecule has 0 bridgehead atoms. The third kappa shape index (κ3) is 2.59. The number of rotatable bonds is 1. The van der Waals surface area contributed by atoms with Gasteiger partial charge in [0.2, 0.25) is 0 Å². The minimum atomic E-state index is 0.302. The first kappa shape index (κ1) is 15.6. The molecule has 0 unspecified atom stereocenters. The van der Waals surface area contributed by atoms with Crippen LogP contribution in [0.25, 0.3) is 11.1 Å². The summed E-state index contributed by atoms with van der Waals surface area (Å²) in [6.07, 6.45) is 0.772. The van der Waals surface area contributed by atoms with Gasteiger partial charge in [0.05, 0.1) is 16.8 Å². The van der Waals surface area contributed by atoms with Crippen LogP contribution in [0.15, 0.2) is 28.7 Å². The van der Waals surface area contributed by atoms with E-state index in [9.17, 15) is 10.5 Å². The van der Waals surface area contributed by atoms with E-state index in [2.05, 4.69) is 33.0 Å². The van der Waals surface area contributed by atoms with Crippen LogP contribution in [-0.4, -0.2) is 18.5 Å². The van der Waals surface area contributed by atoms with E-state index in [0.29, 0.717) is 23.4 Å². The zero-order valence-electron chi connectivity index (χ0n) is 12.7. The summed E-state index contributed by atoms with van der Waals surface area (Å²) in [5.41, 5.74) is 11.2. The number of nitrogen functional groups attached to an aromatic ring is 1. The number of halogens is 1. The molecule has 2 aromatic carbocycles. The number of likely N-dealkylation sites (N-methyl/N-ethyl adjacent to an activating group) is 1. The average molecular weight is 367 g/mol. The number of benzene rings is 2. The van der Waals surface area contributed by atoms with Crippen molar-refractivity contribution in [2.45, 2.75) is 13.0 Å². The third-order valence-electron chi connectivity index (χ3n) is 4.28. The van der Waals surface area contributed by atoms with Crippen molar-refractivity contribution in [3.8, 4) is 23.3 Å². The summed E-state index contributed by atoms with van der Waals surface area (Å²) in [4.78, 5) is 2.20. The quantitative estimate of drug-likeness (QED) is 0.784. The lowest BCUT2D eigenvalue weighted by Gasteiger charge is -2.29. The number of nitrogens with zero attached hydrogens (tertiary/aromatic N) is 3. The number of hydrogen-bond acceptors (Lipinski definition) is 4. The maximum Gasteiger partial charge on any atom is 0.102 e. The second kappa shape index (κ2) is 6.04. The van der Waals surface area contributed by atoms with Gasteiger partial charge in [0.25, 0.3) is 0 Å². The molecule has 0 amide bonds. The van der Waals surface area contributed by atoms with Crippen molar-refractivity contribution in [1.82, 2.24) is 4.90 Å². The highest BCUT2D eigenvalue weighted by Crippen LogP contribution is 2.39. The van der Waals surface area contributed by atoms with Gasteiger partial charge < -0.3 is 10.6 Å². The Hall–Kier alpha value is -2.34. The van der Waals surface area contributed by atoms with Crippen molar-refractivity contribution in [2.24, 2.45) is 0 Å². The molecule has 1 heterocycles. The predicted octanol–water partition coefficient (Wildman–Crippen LogP) is 3.43. The van der Waals surface area contributed by atoms with E-state index in [-0.39, 0.29) is 0 Å². The zero-order valence-corrected chi connectivity index (χ0v) is 14.3. The number of fused-ring (bicyclic) bond motifs is 1. The van der Waals surface area contributed by atoms with Gasteiger partial charge in [-0.1, -0.05) is 28.1 Å². The standard InChI is InChI=1S/C18H15BrN4/c1-23-7-6-13-14(8-20)18(22)15(9-21)17(16(13)10-23)11-2-4-12(19)5-3-11/h2-5H,6-7,10,22H2,1H3. The Morgan fingerprint density at radius 2 is 1.74 bits per heavy atom. The van der Waals surface area contributed by atoms with Crippen LogP contribution in [0, 0.1) is 22.7 Å². The monoisotopic (exact) mass is 366 g/mol. The summed E-state index contributed by atoms with van der Waals surface area (Å²) >= 11 is 3.43. The highest BCUT2D eigenvalue weighted by Gasteiger charge is 2.26. The summed E-state index contributed by atoms with van der Waals surface area (Å²) in [5, 5.41) is 19.1. The fourth-order valence-corrected chi connectivity index (χ4v) is 3.42. The molecule has 2 aromatic rings. The second-order valence-corrected chi connectivity index (χ2v) is 6.63. The van der Waals surface area contributed by atoms with Crippen molar-refractivity contribution in [3.05, 3.63) is 51.0 Å². The SMILES string of the molecule is CN1CCc2c(C#N)c(N)c(C#N)c(-c3ccc(Br)cc3)c2C1. The third-order valence-corrected chi connectivity index (χ3v) is 4.81. The Morgan fingerprint density at radius 1 is 1.09 bits per heavy atom. The van der Waals surface area contributed by atoms with Gasteiger partial charge in [0, 0.05) is 23.1 Å². The van der Waals surface area contributed by atoms with Gasteiger partial charge in [0.1, 0.15) is 12.1 Å². The molecular weight excluding hydrogens is 352 g/mol. The van der Waals surface area contributed by atoms with Crippen LogP contribution in [0.3, 0.4) is 0 Å². The van der Waals surface area contributed by atoms with Gasteiger partial charge in [0.15, 0.2) is 0 Å². The predicted molar refractivity (Wildman–Crippen MR) is 93.5 cm³/mol. The van der Waals surface area contributed by atoms with Gasteiger partial charge in [-0.25, -0.2) is 0 Å². The van der Waals surface area contributed by atoms with E-state index in [1.165, 1.54) is 0 Å². The molecule has 0 spiro atoms. The minimum absolute atomic E-state index is 0.302. The van der Waals surface area contributed by atoms with Crippen LogP contribution >= 0.6 is 15.9 Å². The lowest BCUT2D eigenvalue weighted by atomic mass is 9.84. The molecular formula is C18H15BrN4. The van der Waals surface area contributed by atoms with E-state index in [0.717, 1.165) is 39.7 Å². The van der Waals surface area contributed by atoms with Gasteiger partial charge in [-0.15, -0.1) is 0 Å². The molecule has 23 heavy (non-hydrogen) atoms. The molecule has 0 radical (unpaired) electrons. The highest BCUT2D eigenvalue weighted by molar-refractivity contribution is 9.10. The molecule has 1 aliphatic rings. The molecule has 2 N–H and O–H groups in total. The van der Waals surface area contributed by atoms with Gasteiger partial charge in [-0.2, -0.15) is 10.5 Å². The van der Waals surface area contributed by atoms with Crippen LogP contribution < -0.4 is 5.73 Å². The van der Waals surface area contributed by atoms with Crippen molar-refractivity contribution in [2.75, 3.05) is 19.3 Å². The summed E-state index contributed by atoms with van der Waals surface area (Å²) in [6, 6.07) is 12.3. The maximum atomic E-state index is 9.64. The number of nitrogens with two attached hydrogens (primary N) is 1. The number of nitriles is 2. The van der Waals surface area contributed by atoms with E-state index in [1.54, 1.807) is 0 Å². The largest absolute Gasteiger partial charge is 0.397 e. The highest BCUT2D eigenvalue weighted by atomic mass is 79.9. The van der Waals surface area contributed by atoms with Crippen LogP contribution in [-0.2, 0) is 13.0 Å². The molecule has 5 heteroatoms. The number of hydrogen-bond donors (Lipinski definition) is 1. The Kier molecular flexibility index (Phi) is 4.09. The molecule has 0 saturated carbocycles. The van der Waals surface area contributed by atoms with Crippen molar-refractivity contribution >= 4 is 21.6 Å². The molecule has 0 fully saturated rings. The number of anilines is 1. The molecule has 0 aliphatic carbocycles. The van der Waals surface area contributed by atoms with Gasteiger partial charge in [-0.3, -0.25) is 0 Å². The Morgan fingerprint density at radius 3 is 2.35 bits per heavy atom. The summed E-state index contributed by atoms with van der Waals surface area (Å²) in [6.45, 7) is 1.59. The van der Waals surface area contributed by atoms with Crippen LogP contribution in [0.2, 0.25) is 0 Å². The van der Waals surface area contributed by atoms with E-state index < -0.39 is 0 Å². The first-order valence-corrected chi connectivity index (χ1v) is 8.08. The molecule has 0 saturated heterocycles. The fourth-order valence-electron chi connectivity index (χ4n) is 3.16. The van der Waals surface area contributed by atoms with Crippen molar-refractivity contribution in [3.63, 3.8) is 0 Å². The lowest BCUT2D eigenvalue weighted by molar-refractivity contribution is 0.313. The maximum absolute atomic E-state index is 9.64. The second-order valence-electron chi connectivity index (χ2n) is 5.71. The van der Waals surface area contributed by atoms with E-state index in [1.807, 2.05) is 31.3 Å². The first-order chi connectivity index (χ1) is 11.1. The Labute approximate surface area is 143 Å². The summed E-state index contributed by atoms with van der Waals surface area (Å²) in [7, 11) is 2.04. The van der Waals surface area contributed by atoms with Gasteiger partial charge in [-0.05, 0) is 42.3 Å².